The van der Waals surface area contributed by atoms with Crippen molar-refractivity contribution in [2.45, 2.75) is 72.4 Å². The van der Waals surface area contributed by atoms with E-state index in [1.165, 1.54) is 19.8 Å². The number of nitrogens with one attached hydrogen (secondary N) is 3. The molecule has 15 nitrogen and oxygen atoms in total. The molecule has 0 saturated heterocycles. The third-order valence-electron chi connectivity index (χ3n) is 9.64. The van der Waals surface area contributed by atoms with Crippen molar-refractivity contribution >= 4 is 37.5 Å². The van der Waals surface area contributed by atoms with E-state index >= 15 is 0 Å². The fraction of sp³-hybridized carbons (Fsp3) is 0.386. The first-order valence-corrected chi connectivity index (χ1v) is 22.2. The zero-order valence-electron chi connectivity index (χ0n) is 35.0. The maximum atomic E-state index is 13.6. The molecule has 0 fully saturated rings. The van der Waals surface area contributed by atoms with Gasteiger partial charge in [0, 0.05) is 12.2 Å². The van der Waals surface area contributed by atoms with E-state index in [2.05, 4.69) is 16.0 Å². The van der Waals surface area contributed by atoms with Crippen molar-refractivity contribution in [3.8, 4) is 22.8 Å². The molecule has 3 N–H and O–H groups in total. The second kappa shape index (κ2) is 23.0. The van der Waals surface area contributed by atoms with Gasteiger partial charge in [-0.2, -0.15) is 5.06 Å². The average molecular weight is 847 g/mol. The number of benzene rings is 3. The Balaban J connectivity index is 1.37. The van der Waals surface area contributed by atoms with Crippen LogP contribution in [0.15, 0.2) is 83.3 Å². The fourth-order valence-corrected chi connectivity index (χ4v) is 7.33. The van der Waals surface area contributed by atoms with Gasteiger partial charge in [0.2, 0.25) is 19.7 Å². The summed E-state index contributed by atoms with van der Waals surface area (Å²) in [6.07, 6.45) is 3.36. The topological polar surface area (TPSA) is 192 Å². The molecule has 1 unspecified atom stereocenters. The largest absolute Gasteiger partial charge is 0.497 e. The summed E-state index contributed by atoms with van der Waals surface area (Å²) in [4.78, 5) is 70.9. The van der Waals surface area contributed by atoms with Gasteiger partial charge in [-0.05, 0) is 80.3 Å². The third kappa shape index (κ3) is 13.3. The monoisotopic (exact) mass is 846 g/mol. The number of nitrogens with zero attached hydrogens (tertiary/aromatic N) is 1. The Morgan fingerprint density at radius 3 is 2.30 bits per heavy atom. The Labute approximate surface area is 350 Å². The normalized spacial score (nSPS) is 12.9. The van der Waals surface area contributed by atoms with Gasteiger partial charge in [0.1, 0.15) is 17.3 Å². The Hall–Kier alpha value is -5.92. The molecule has 4 rings (SSSR count). The van der Waals surface area contributed by atoms with E-state index in [1.807, 2.05) is 37.3 Å². The number of unbranched alkanes of at least 4 members (excludes halogenated alkanes) is 2. The summed E-state index contributed by atoms with van der Waals surface area (Å²) >= 11 is 0. The minimum absolute atomic E-state index is 0.0352. The summed E-state index contributed by atoms with van der Waals surface area (Å²) in [6.45, 7) is 8.93. The predicted octanol–water partition coefficient (Wildman–Crippen LogP) is 7.48. The van der Waals surface area contributed by atoms with E-state index < -0.39 is 43.0 Å². The highest BCUT2D eigenvalue weighted by Gasteiger charge is 2.34. The van der Waals surface area contributed by atoms with Crippen LogP contribution in [0.25, 0.3) is 11.3 Å². The first-order chi connectivity index (χ1) is 28.8. The summed E-state index contributed by atoms with van der Waals surface area (Å²) in [5, 5.41) is 8.94. The van der Waals surface area contributed by atoms with Crippen LogP contribution in [-0.2, 0) is 30.1 Å². The Morgan fingerprint density at radius 1 is 0.883 bits per heavy atom. The molecule has 322 valence electrons. The van der Waals surface area contributed by atoms with Crippen LogP contribution in [0.1, 0.15) is 95.3 Å². The summed E-state index contributed by atoms with van der Waals surface area (Å²) in [5.74, 6) is -1.94. The molecule has 0 radical (unpaired) electrons. The van der Waals surface area contributed by atoms with Gasteiger partial charge in [-0.1, -0.05) is 69.5 Å². The highest BCUT2D eigenvalue weighted by Crippen LogP contribution is 2.42. The molecule has 0 aliphatic rings. The number of hydroxylamine groups is 2. The van der Waals surface area contributed by atoms with Crippen molar-refractivity contribution in [1.29, 1.82) is 0 Å². The molecule has 4 aromatic rings. The lowest BCUT2D eigenvalue weighted by Crippen LogP contribution is -2.49. The van der Waals surface area contributed by atoms with Gasteiger partial charge in [-0.15, -0.1) is 0 Å². The average Bonchev–Trinajstić information content (AvgIpc) is 3.75. The molecule has 0 bridgehead atoms. The summed E-state index contributed by atoms with van der Waals surface area (Å²) in [6, 6.07) is 21.2. The molecule has 3 atom stereocenters. The van der Waals surface area contributed by atoms with Crippen LogP contribution in [0.4, 0.5) is 0 Å². The van der Waals surface area contributed by atoms with Crippen LogP contribution in [0, 0.1) is 12.8 Å². The van der Waals surface area contributed by atoms with Gasteiger partial charge in [-0.3, -0.25) is 23.7 Å². The molecule has 1 heterocycles. The van der Waals surface area contributed by atoms with Crippen LogP contribution < -0.4 is 25.4 Å². The number of aryl methyl sites for hydroxylation is 1. The van der Waals surface area contributed by atoms with Gasteiger partial charge in [0.05, 0.1) is 56.4 Å². The van der Waals surface area contributed by atoms with E-state index in [0.29, 0.717) is 48.3 Å². The van der Waals surface area contributed by atoms with Crippen molar-refractivity contribution in [3.63, 3.8) is 0 Å². The summed E-state index contributed by atoms with van der Waals surface area (Å²) < 4.78 is 35.5. The molecule has 0 aliphatic carbocycles. The molecule has 60 heavy (non-hydrogen) atoms. The van der Waals surface area contributed by atoms with E-state index in [9.17, 15) is 28.5 Å². The Morgan fingerprint density at radius 2 is 1.63 bits per heavy atom. The smallest absolute Gasteiger partial charge is 0.363 e. The lowest BCUT2D eigenvalue weighted by atomic mass is 9.90. The number of hydrogen-bond acceptors (Lipinski definition) is 11. The first kappa shape index (κ1) is 46.8. The molecule has 16 heteroatoms. The molecule has 3 aromatic carbocycles. The number of hydrogen-bond donors (Lipinski definition) is 3. The van der Waals surface area contributed by atoms with Gasteiger partial charge in [0.15, 0.2) is 5.76 Å². The number of carbonyl (C=O) groups is 5. The molecule has 0 aliphatic heterocycles. The zero-order chi connectivity index (χ0) is 43.7. The quantitative estimate of drug-likeness (QED) is 0.0208. The van der Waals surface area contributed by atoms with Crippen molar-refractivity contribution in [2.75, 3.05) is 33.3 Å². The van der Waals surface area contributed by atoms with Crippen LogP contribution in [0.5, 0.6) is 11.5 Å². The minimum Gasteiger partial charge on any atom is -0.497 e. The molecular weight excluding hydrogens is 791 g/mol. The minimum atomic E-state index is -3.16. The fourth-order valence-electron chi connectivity index (χ4n) is 6.38. The lowest BCUT2D eigenvalue weighted by molar-refractivity contribution is -0.171. The number of rotatable bonds is 24. The standard InChI is InChI=1S/C44H55N4O11P/c1-7-10-12-17-35(37(8-2)48(29-49)59-44(53)34-21-19-33(55-5)24-30(34)4)41(50)45-27-46-43(52)39-23-22-38(58-39)32-18-20-36(40(25-32)56-9-3)42(51)47-28-60(6,54)57-26-31-15-13-11-14-16-31/h11,13-16,18-25,29,35,37H,7-10,12,17,26-28H2,1-6H3,(H,45,50)(H,46,52)(H,47,51)/t35-,37-,60?/m1/s1. The second-order valence-corrected chi connectivity index (χ2v) is 16.7. The van der Waals surface area contributed by atoms with Crippen molar-refractivity contribution in [2.24, 2.45) is 5.92 Å². The van der Waals surface area contributed by atoms with Crippen LogP contribution in [0.3, 0.4) is 0 Å². The summed E-state index contributed by atoms with van der Waals surface area (Å²) in [7, 11) is -1.65. The highest BCUT2D eigenvalue weighted by atomic mass is 31.2. The lowest BCUT2D eigenvalue weighted by Gasteiger charge is -2.32. The SMILES string of the molecule is CCCCC[C@@H](C(=O)NCNC(=O)c1ccc(-c2ccc(C(=O)NCP(C)(=O)OCc3ccccc3)c(OCC)c2)o1)[C@@H](CC)N(C=O)OC(=O)c1ccc(OC)cc1C. The van der Waals surface area contributed by atoms with Crippen LogP contribution in [0.2, 0.25) is 0 Å². The predicted molar refractivity (Wildman–Crippen MR) is 226 cm³/mol. The van der Waals surface area contributed by atoms with Crippen molar-refractivity contribution < 1.29 is 51.8 Å². The van der Waals surface area contributed by atoms with Crippen LogP contribution >= 0.6 is 7.37 Å². The van der Waals surface area contributed by atoms with E-state index in [0.717, 1.165) is 23.5 Å². The van der Waals surface area contributed by atoms with Crippen molar-refractivity contribution in [3.05, 3.63) is 107 Å². The van der Waals surface area contributed by atoms with Gasteiger partial charge in [-0.25, -0.2) is 4.79 Å². The maximum Gasteiger partial charge on any atom is 0.363 e. The second-order valence-electron chi connectivity index (χ2n) is 14.1. The molecule has 0 saturated carbocycles. The Kier molecular flexibility index (Phi) is 17.9. The van der Waals surface area contributed by atoms with Crippen molar-refractivity contribution in [1.82, 2.24) is 21.0 Å². The third-order valence-corrected chi connectivity index (χ3v) is 11.0. The van der Waals surface area contributed by atoms with E-state index in [4.69, 9.17) is 23.3 Å². The van der Waals surface area contributed by atoms with Crippen LogP contribution in [-0.4, -0.2) is 74.5 Å². The number of ether oxygens (including phenoxy) is 2. The number of methoxy groups -OCH3 is 1. The summed E-state index contributed by atoms with van der Waals surface area (Å²) in [5.41, 5.74) is 2.44. The highest BCUT2D eigenvalue weighted by molar-refractivity contribution is 7.58. The molecule has 0 spiro atoms. The van der Waals surface area contributed by atoms with E-state index in [-0.39, 0.29) is 48.8 Å². The number of furan rings is 1. The first-order valence-electron chi connectivity index (χ1n) is 19.9. The maximum absolute atomic E-state index is 13.6. The zero-order valence-corrected chi connectivity index (χ0v) is 35.9. The molecule has 4 amide bonds. The number of amides is 4. The molecular formula is C44H55N4O11P. The van der Waals surface area contributed by atoms with Gasteiger partial charge >= 0.3 is 5.97 Å². The Bertz CT molecular complexity index is 2120. The number of carbonyl (C=O) groups excluding carboxylic acids is 5. The molecule has 1 aromatic heterocycles. The van der Waals surface area contributed by atoms with Gasteiger partial charge < -0.3 is 39.2 Å². The van der Waals surface area contributed by atoms with Gasteiger partial charge in [0.25, 0.3) is 11.8 Å². The van der Waals surface area contributed by atoms with E-state index in [1.54, 1.807) is 63.2 Å².